The lowest BCUT2D eigenvalue weighted by Gasteiger charge is -2.20. The summed E-state index contributed by atoms with van der Waals surface area (Å²) >= 11 is 0. The summed E-state index contributed by atoms with van der Waals surface area (Å²) in [5.74, 6) is 0.0537. The van der Waals surface area contributed by atoms with E-state index in [0.29, 0.717) is 6.42 Å². The predicted molar refractivity (Wildman–Crippen MR) is 59.2 cm³/mol. The van der Waals surface area contributed by atoms with E-state index in [1.165, 1.54) is 0 Å². The third kappa shape index (κ3) is 3.47. The minimum Gasteiger partial charge on any atom is -0.396 e. The second kappa shape index (κ2) is 6.08. The lowest BCUT2D eigenvalue weighted by molar-refractivity contribution is -0.126. The number of amides is 1. The van der Waals surface area contributed by atoms with E-state index in [9.17, 15) is 4.79 Å². The van der Waals surface area contributed by atoms with E-state index in [2.05, 4.69) is 5.32 Å². The largest absolute Gasteiger partial charge is 0.396 e. The van der Waals surface area contributed by atoms with E-state index < -0.39 is 0 Å². The SMILES string of the molecule is CCC(CCO)NC(=O)C1CCCC1N. The Hall–Kier alpha value is -0.610. The number of aliphatic hydroxyl groups excluding tert-OH is 1. The van der Waals surface area contributed by atoms with E-state index >= 15 is 0 Å². The summed E-state index contributed by atoms with van der Waals surface area (Å²) in [5.41, 5.74) is 5.86. The average molecular weight is 214 g/mol. The Morgan fingerprint density at radius 2 is 2.33 bits per heavy atom. The zero-order chi connectivity index (χ0) is 11.3. The third-order valence-electron chi connectivity index (χ3n) is 3.22. The fourth-order valence-electron chi connectivity index (χ4n) is 2.16. The highest BCUT2D eigenvalue weighted by Crippen LogP contribution is 2.24. The van der Waals surface area contributed by atoms with Crippen LogP contribution in [0.4, 0.5) is 0 Å². The van der Waals surface area contributed by atoms with Crippen LogP contribution in [0.2, 0.25) is 0 Å². The van der Waals surface area contributed by atoms with Gasteiger partial charge in [0.1, 0.15) is 0 Å². The van der Waals surface area contributed by atoms with E-state index in [1.54, 1.807) is 0 Å². The molecule has 0 bridgehead atoms. The summed E-state index contributed by atoms with van der Waals surface area (Å²) in [6.45, 7) is 2.13. The third-order valence-corrected chi connectivity index (χ3v) is 3.22. The van der Waals surface area contributed by atoms with Crippen molar-refractivity contribution in [3.05, 3.63) is 0 Å². The Kier molecular flexibility index (Phi) is 5.05. The molecule has 0 aromatic carbocycles. The summed E-state index contributed by atoms with van der Waals surface area (Å²) in [6.07, 6.45) is 4.39. The van der Waals surface area contributed by atoms with Crippen molar-refractivity contribution in [3.8, 4) is 0 Å². The van der Waals surface area contributed by atoms with Gasteiger partial charge in [-0.2, -0.15) is 0 Å². The molecule has 0 radical (unpaired) electrons. The number of hydrogen-bond acceptors (Lipinski definition) is 3. The van der Waals surface area contributed by atoms with Gasteiger partial charge in [-0.05, 0) is 25.7 Å². The van der Waals surface area contributed by atoms with Crippen LogP contribution >= 0.6 is 0 Å². The highest BCUT2D eigenvalue weighted by molar-refractivity contribution is 5.80. The topological polar surface area (TPSA) is 75.3 Å². The summed E-state index contributed by atoms with van der Waals surface area (Å²) in [7, 11) is 0. The lowest BCUT2D eigenvalue weighted by atomic mass is 10.0. The van der Waals surface area contributed by atoms with Crippen LogP contribution in [-0.4, -0.2) is 29.7 Å². The molecule has 1 fully saturated rings. The van der Waals surface area contributed by atoms with Crippen molar-refractivity contribution in [2.24, 2.45) is 11.7 Å². The number of hydrogen-bond donors (Lipinski definition) is 3. The highest BCUT2D eigenvalue weighted by Gasteiger charge is 2.30. The van der Waals surface area contributed by atoms with Gasteiger partial charge >= 0.3 is 0 Å². The van der Waals surface area contributed by atoms with Crippen molar-refractivity contribution in [1.29, 1.82) is 0 Å². The van der Waals surface area contributed by atoms with Crippen LogP contribution in [0.25, 0.3) is 0 Å². The van der Waals surface area contributed by atoms with E-state index in [1.807, 2.05) is 6.92 Å². The Balaban J connectivity index is 2.39. The molecule has 1 rings (SSSR count). The zero-order valence-corrected chi connectivity index (χ0v) is 9.41. The van der Waals surface area contributed by atoms with Crippen LogP contribution in [0.3, 0.4) is 0 Å². The summed E-state index contributed by atoms with van der Waals surface area (Å²) in [4.78, 5) is 11.8. The van der Waals surface area contributed by atoms with E-state index in [0.717, 1.165) is 25.7 Å². The van der Waals surface area contributed by atoms with Crippen LogP contribution in [-0.2, 0) is 4.79 Å². The molecule has 4 heteroatoms. The van der Waals surface area contributed by atoms with Crippen molar-refractivity contribution in [3.63, 3.8) is 0 Å². The average Bonchev–Trinajstić information content (AvgIpc) is 2.63. The van der Waals surface area contributed by atoms with Gasteiger partial charge in [-0.3, -0.25) is 4.79 Å². The molecule has 3 unspecified atom stereocenters. The number of carbonyl (C=O) groups is 1. The molecule has 0 saturated heterocycles. The Morgan fingerprint density at radius 3 is 2.80 bits per heavy atom. The molecule has 3 atom stereocenters. The van der Waals surface area contributed by atoms with Crippen molar-refractivity contribution < 1.29 is 9.90 Å². The van der Waals surface area contributed by atoms with Crippen molar-refractivity contribution in [2.75, 3.05) is 6.61 Å². The van der Waals surface area contributed by atoms with Gasteiger partial charge in [0.15, 0.2) is 0 Å². The fourth-order valence-corrected chi connectivity index (χ4v) is 2.16. The molecule has 0 aliphatic heterocycles. The van der Waals surface area contributed by atoms with Gasteiger partial charge in [0.25, 0.3) is 0 Å². The van der Waals surface area contributed by atoms with Crippen LogP contribution in [0.5, 0.6) is 0 Å². The van der Waals surface area contributed by atoms with E-state index in [4.69, 9.17) is 10.8 Å². The molecule has 0 spiro atoms. The number of nitrogens with two attached hydrogens (primary N) is 1. The zero-order valence-electron chi connectivity index (χ0n) is 9.41. The number of aliphatic hydroxyl groups is 1. The molecule has 15 heavy (non-hydrogen) atoms. The molecule has 88 valence electrons. The molecule has 4 N–H and O–H groups in total. The minimum atomic E-state index is -0.0160. The predicted octanol–water partition coefficient (Wildman–Crippen LogP) is 0.391. The quantitative estimate of drug-likeness (QED) is 0.619. The van der Waals surface area contributed by atoms with Gasteiger partial charge in [-0.25, -0.2) is 0 Å². The summed E-state index contributed by atoms with van der Waals surface area (Å²) < 4.78 is 0. The van der Waals surface area contributed by atoms with Crippen LogP contribution in [0.1, 0.15) is 39.0 Å². The van der Waals surface area contributed by atoms with Gasteiger partial charge < -0.3 is 16.2 Å². The number of nitrogens with one attached hydrogen (secondary N) is 1. The standard InChI is InChI=1S/C11H22N2O2/c1-2-8(6-7-14)13-11(15)9-4-3-5-10(9)12/h8-10,14H,2-7,12H2,1H3,(H,13,15). The van der Waals surface area contributed by atoms with Gasteiger partial charge in [0, 0.05) is 18.7 Å². The van der Waals surface area contributed by atoms with Crippen LogP contribution < -0.4 is 11.1 Å². The molecule has 0 aromatic rings. The second-order valence-corrected chi connectivity index (χ2v) is 4.33. The van der Waals surface area contributed by atoms with Crippen molar-refractivity contribution >= 4 is 5.91 Å². The lowest BCUT2D eigenvalue weighted by Crippen LogP contribution is -2.43. The first-order valence-corrected chi connectivity index (χ1v) is 5.85. The van der Waals surface area contributed by atoms with E-state index in [-0.39, 0.29) is 30.5 Å². The Labute approximate surface area is 91.2 Å². The van der Waals surface area contributed by atoms with Gasteiger partial charge in [0.05, 0.1) is 5.92 Å². The second-order valence-electron chi connectivity index (χ2n) is 4.33. The normalized spacial score (nSPS) is 27.7. The van der Waals surface area contributed by atoms with Gasteiger partial charge in [0.2, 0.25) is 5.91 Å². The number of rotatable bonds is 5. The minimum absolute atomic E-state index is 0.0160. The first-order valence-electron chi connectivity index (χ1n) is 5.85. The van der Waals surface area contributed by atoms with Crippen molar-refractivity contribution in [2.45, 2.75) is 51.1 Å². The Morgan fingerprint density at radius 1 is 1.60 bits per heavy atom. The highest BCUT2D eigenvalue weighted by atomic mass is 16.3. The first-order chi connectivity index (χ1) is 7.19. The monoisotopic (exact) mass is 214 g/mol. The molecule has 0 aromatic heterocycles. The van der Waals surface area contributed by atoms with Gasteiger partial charge in [-0.15, -0.1) is 0 Å². The molecule has 0 heterocycles. The first kappa shape index (κ1) is 12.5. The van der Waals surface area contributed by atoms with Crippen LogP contribution in [0.15, 0.2) is 0 Å². The maximum absolute atomic E-state index is 11.8. The van der Waals surface area contributed by atoms with Gasteiger partial charge in [-0.1, -0.05) is 13.3 Å². The molecule has 1 aliphatic carbocycles. The maximum atomic E-state index is 11.8. The molecule has 1 aliphatic rings. The molecule has 4 nitrogen and oxygen atoms in total. The fraction of sp³-hybridized carbons (Fsp3) is 0.909. The smallest absolute Gasteiger partial charge is 0.224 e. The Bertz CT molecular complexity index is 209. The molecule has 1 amide bonds. The molecular formula is C11H22N2O2. The maximum Gasteiger partial charge on any atom is 0.224 e. The number of carbonyl (C=O) groups excluding carboxylic acids is 1. The molecule has 1 saturated carbocycles. The van der Waals surface area contributed by atoms with Crippen LogP contribution in [0, 0.1) is 5.92 Å². The van der Waals surface area contributed by atoms with Crippen molar-refractivity contribution in [1.82, 2.24) is 5.32 Å². The molecular weight excluding hydrogens is 192 g/mol. The summed E-state index contributed by atoms with van der Waals surface area (Å²) in [6, 6.07) is 0.118. The summed E-state index contributed by atoms with van der Waals surface area (Å²) in [5, 5.41) is 11.8.